The maximum absolute atomic E-state index is 11.4. The minimum absolute atomic E-state index is 0.0587. The van der Waals surface area contributed by atoms with E-state index < -0.39 is 0 Å². The van der Waals surface area contributed by atoms with Crippen molar-refractivity contribution >= 4 is 5.91 Å². The lowest BCUT2D eigenvalue weighted by atomic mass is 10.2. The van der Waals surface area contributed by atoms with Crippen molar-refractivity contribution in [3.8, 4) is 0 Å². The van der Waals surface area contributed by atoms with Gasteiger partial charge in [0.15, 0.2) is 0 Å². The summed E-state index contributed by atoms with van der Waals surface area (Å²) in [7, 11) is 0. The molecule has 0 radical (unpaired) electrons. The second-order valence-electron chi connectivity index (χ2n) is 3.43. The van der Waals surface area contributed by atoms with E-state index in [4.69, 9.17) is 5.73 Å². The van der Waals surface area contributed by atoms with Crippen LogP contribution in [0, 0.1) is 0 Å². The third kappa shape index (κ3) is 2.19. The molecule has 0 aromatic heterocycles. The molecular weight excluding hydrogens is 154 g/mol. The Morgan fingerprint density at radius 1 is 1.75 bits per heavy atom. The van der Waals surface area contributed by atoms with Crippen LogP contribution < -0.4 is 11.1 Å². The molecule has 4 heteroatoms. The van der Waals surface area contributed by atoms with E-state index in [0.29, 0.717) is 6.04 Å². The van der Waals surface area contributed by atoms with E-state index >= 15 is 0 Å². The van der Waals surface area contributed by atoms with Gasteiger partial charge in [-0.2, -0.15) is 0 Å². The highest BCUT2D eigenvalue weighted by Crippen LogP contribution is 2.00. The van der Waals surface area contributed by atoms with E-state index in [1.807, 2.05) is 4.90 Å². The highest BCUT2D eigenvalue weighted by molar-refractivity contribution is 5.81. The molecule has 0 spiro atoms. The molecule has 70 valence electrons. The number of amides is 1. The van der Waals surface area contributed by atoms with Crippen LogP contribution in [0.3, 0.4) is 0 Å². The average molecular weight is 171 g/mol. The van der Waals surface area contributed by atoms with Crippen molar-refractivity contribution in [3.05, 3.63) is 0 Å². The Labute approximate surface area is 73.1 Å². The predicted molar refractivity (Wildman–Crippen MR) is 47.7 cm³/mol. The Morgan fingerprint density at radius 2 is 2.42 bits per heavy atom. The van der Waals surface area contributed by atoms with Gasteiger partial charge in [-0.05, 0) is 13.8 Å². The molecule has 1 rings (SSSR count). The number of hydrogen-bond acceptors (Lipinski definition) is 3. The SMILES string of the molecule is CC1CN(C(=O)[C@H](C)N)CCN1. The summed E-state index contributed by atoms with van der Waals surface area (Å²) >= 11 is 0. The van der Waals surface area contributed by atoms with Crippen LogP contribution in [0.1, 0.15) is 13.8 Å². The molecule has 4 nitrogen and oxygen atoms in total. The summed E-state index contributed by atoms with van der Waals surface area (Å²) in [4.78, 5) is 13.2. The van der Waals surface area contributed by atoms with Crippen LogP contribution in [-0.4, -0.2) is 42.5 Å². The van der Waals surface area contributed by atoms with Gasteiger partial charge >= 0.3 is 0 Å². The van der Waals surface area contributed by atoms with Crippen LogP contribution in [0.25, 0.3) is 0 Å². The summed E-state index contributed by atoms with van der Waals surface area (Å²) in [6.07, 6.45) is 0. The van der Waals surface area contributed by atoms with Gasteiger partial charge in [0, 0.05) is 25.7 Å². The van der Waals surface area contributed by atoms with E-state index in [1.54, 1.807) is 6.92 Å². The van der Waals surface area contributed by atoms with Crippen molar-refractivity contribution in [1.29, 1.82) is 0 Å². The van der Waals surface area contributed by atoms with Crippen molar-refractivity contribution in [2.24, 2.45) is 5.73 Å². The van der Waals surface area contributed by atoms with Gasteiger partial charge in [-0.3, -0.25) is 4.79 Å². The van der Waals surface area contributed by atoms with Crippen molar-refractivity contribution < 1.29 is 4.79 Å². The molecule has 0 aromatic carbocycles. The number of carbonyl (C=O) groups excluding carboxylic acids is 1. The van der Waals surface area contributed by atoms with Crippen LogP contribution >= 0.6 is 0 Å². The maximum Gasteiger partial charge on any atom is 0.239 e. The third-order valence-corrected chi connectivity index (χ3v) is 2.07. The standard InChI is InChI=1S/C8H17N3O/c1-6-5-11(4-3-10-6)8(12)7(2)9/h6-7,10H,3-5,9H2,1-2H3/t6?,7-/m0/s1. The molecule has 1 amide bonds. The number of hydrogen-bond donors (Lipinski definition) is 2. The Balaban J connectivity index is 2.46. The summed E-state index contributed by atoms with van der Waals surface area (Å²) in [6.45, 7) is 6.24. The lowest BCUT2D eigenvalue weighted by molar-refractivity contribution is -0.133. The minimum Gasteiger partial charge on any atom is -0.339 e. The quantitative estimate of drug-likeness (QED) is 0.540. The van der Waals surface area contributed by atoms with E-state index in [9.17, 15) is 4.79 Å². The summed E-state index contributed by atoms with van der Waals surface area (Å²) in [5.74, 6) is 0.0587. The molecule has 0 aromatic rings. The molecule has 0 aliphatic carbocycles. The normalized spacial score (nSPS) is 26.9. The molecule has 1 fully saturated rings. The number of carbonyl (C=O) groups is 1. The number of nitrogens with one attached hydrogen (secondary N) is 1. The Kier molecular flexibility index (Phi) is 3.05. The zero-order chi connectivity index (χ0) is 9.14. The molecule has 1 saturated heterocycles. The third-order valence-electron chi connectivity index (χ3n) is 2.07. The van der Waals surface area contributed by atoms with Crippen molar-refractivity contribution in [2.75, 3.05) is 19.6 Å². The topological polar surface area (TPSA) is 58.4 Å². The summed E-state index contributed by atoms with van der Waals surface area (Å²) in [5, 5.41) is 3.27. The molecular formula is C8H17N3O. The van der Waals surface area contributed by atoms with E-state index in [1.165, 1.54) is 0 Å². The van der Waals surface area contributed by atoms with Gasteiger partial charge in [-0.1, -0.05) is 0 Å². The van der Waals surface area contributed by atoms with Crippen LogP contribution in [-0.2, 0) is 4.79 Å². The lowest BCUT2D eigenvalue weighted by Crippen LogP contribution is -2.54. The summed E-state index contributed by atoms with van der Waals surface area (Å²) in [6, 6.07) is 0.0248. The zero-order valence-electron chi connectivity index (χ0n) is 7.71. The van der Waals surface area contributed by atoms with Crippen LogP contribution in [0.15, 0.2) is 0 Å². The van der Waals surface area contributed by atoms with Gasteiger partial charge in [0.05, 0.1) is 6.04 Å². The van der Waals surface area contributed by atoms with Crippen LogP contribution in [0.4, 0.5) is 0 Å². The summed E-state index contributed by atoms with van der Waals surface area (Å²) in [5.41, 5.74) is 5.50. The Hall–Kier alpha value is -0.610. The molecule has 1 aliphatic rings. The van der Waals surface area contributed by atoms with Gasteiger partial charge in [0.25, 0.3) is 0 Å². The van der Waals surface area contributed by atoms with Crippen LogP contribution in [0.2, 0.25) is 0 Å². The number of nitrogens with zero attached hydrogens (tertiary/aromatic N) is 1. The minimum atomic E-state index is -0.365. The Morgan fingerprint density at radius 3 is 2.92 bits per heavy atom. The second-order valence-corrected chi connectivity index (χ2v) is 3.43. The monoisotopic (exact) mass is 171 g/mol. The summed E-state index contributed by atoms with van der Waals surface area (Å²) < 4.78 is 0. The van der Waals surface area contributed by atoms with Gasteiger partial charge < -0.3 is 16.0 Å². The zero-order valence-corrected chi connectivity index (χ0v) is 7.71. The van der Waals surface area contributed by atoms with Crippen molar-refractivity contribution in [2.45, 2.75) is 25.9 Å². The first kappa shape index (κ1) is 9.48. The van der Waals surface area contributed by atoms with E-state index in [-0.39, 0.29) is 11.9 Å². The van der Waals surface area contributed by atoms with Crippen LogP contribution in [0.5, 0.6) is 0 Å². The first-order valence-electron chi connectivity index (χ1n) is 4.39. The fraction of sp³-hybridized carbons (Fsp3) is 0.875. The first-order chi connectivity index (χ1) is 5.61. The molecule has 0 saturated carbocycles. The lowest BCUT2D eigenvalue weighted by Gasteiger charge is -2.32. The smallest absolute Gasteiger partial charge is 0.239 e. The van der Waals surface area contributed by atoms with Gasteiger partial charge in [0.1, 0.15) is 0 Å². The van der Waals surface area contributed by atoms with Gasteiger partial charge in [-0.15, -0.1) is 0 Å². The van der Waals surface area contributed by atoms with Gasteiger partial charge in [-0.25, -0.2) is 0 Å². The number of nitrogens with two attached hydrogens (primary N) is 1. The molecule has 0 bridgehead atoms. The first-order valence-corrected chi connectivity index (χ1v) is 4.39. The number of rotatable bonds is 1. The predicted octanol–water partition coefficient (Wildman–Crippen LogP) is -0.846. The fourth-order valence-electron chi connectivity index (χ4n) is 1.42. The maximum atomic E-state index is 11.4. The van der Waals surface area contributed by atoms with Gasteiger partial charge in [0.2, 0.25) is 5.91 Å². The largest absolute Gasteiger partial charge is 0.339 e. The van der Waals surface area contributed by atoms with E-state index in [0.717, 1.165) is 19.6 Å². The second kappa shape index (κ2) is 3.87. The average Bonchev–Trinajstić information content (AvgIpc) is 2.03. The van der Waals surface area contributed by atoms with E-state index in [2.05, 4.69) is 12.2 Å². The Bertz CT molecular complexity index is 170. The molecule has 1 unspecified atom stereocenters. The van der Waals surface area contributed by atoms with Crippen molar-refractivity contribution in [3.63, 3.8) is 0 Å². The molecule has 1 heterocycles. The molecule has 3 N–H and O–H groups in total. The number of piperazine rings is 1. The molecule has 12 heavy (non-hydrogen) atoms. The molecule has 1 aliphatic heterocycles. The highest BCUT2D eigenvalue weighted by Gasteiger charge is 2.22. The highest BCUT2D eigenvalue weighted by atomic mass is 16.2. The van der Waals surface area contributed by atoms with Crippen molar-refractivity contribution in [1.82, 2.24) is 10.2 Å². The molecule has 2 atom stereocenters. The fourth-order valence-corrected chi connectivity index (χ4v) is 1.42.